The molecule has 0 spiro atoms. The predicted molar refractivity (Wildman–Crippen MR) is 80.6 cm³/mol. The van der Waals surface area contributed by atoms with Crippen LogP contribution in [0.5, 0.6) is 0 Å². The Balaban J connectivity index is 1.51. The highest BCUT2D eigenvalue weighted by Gasteiger charge is 2.13. The Kier molecular flexibility index (Phi) is 4.33. The molecule has 108 valence electrons. The number of rotatable bonds is 5. The summed E-state index contributed by atoms with van der Waals surface area (Å²) in [6.45, 7) is 2.75. The van der Waals surface area contributed by atoms with Crippen molar-refractivity contribution in [3.63, 3.8) is 0 Å². The van der Waals surface area contributed by atoms with Crippen molar-refractivity contribution < 1.29 is 4.74 Å². The van der Waals surface area contributed by atoms with E-state index in [-0.39, 0.29) is 0 Å². The van der Waals surface area contributed by atoms with Crippen LogP contribution in [0.2, 0.25) is 0 Å². The molecule has 1 aromatic carbocycles. The molecule has 2 heterocycles. The summed E-state index contributed by atoms with van der Waals surface area (Å²) in [5, 5.41) is 3.49. The summed E-state index contributed by atoms with van der Waals surface area (Å²) in [6, 6.07) is 8.27. The Hall–Kier alpha value is -1.39. The van der Waals surface area contributed by atoms with Gasteiger partial charge in [-0.3, -0.25) is 0 Å². The van der Waals surface area contributed by atoms with Crippen LogP contribution >= 0.6 is 0 Å². The minimum absolute atomic E-state index is 0.455. The first kappa shape index (κ1) is 13.6. The van der Waals surface area contributed by atoms with E-state index in [1.807, 2.05) is 6.07 Å². The average molecular weight is 273 g/mol. The zero-order valence-corrected chi connectivity index (χ0v) is 12.1. The summed E-state index contributed by atoms with van der Waals surface area (Å²) in [5.74, 6) is 1.09. The molecular weight excluding hydrogens is 250 g/mol. The van der Waals surface area contributed by atoms with E-state index in [4.69, 9.17) is 4.74 Å². The Morgan fingerprint density at radius 1 is 1.35 bits per heavy atom. The minimum atomic E-state index is 0.455. The first-order valence-electron chi connectivity index (χ1n) is 7.57. The van der Waals surface area contributed by atoms with Gasteiger partial charge in [0.2, 0.25) is 0 Å². The number of nitrogens with one attached hydrogen (secondary N) is 1. The Morgan fingerprint density at radius 3 is 3.05 bits per heavy atom. The number of benzene rings is 1. The van der Waals surface area contributed by atoms with Crippen LogP contribution < -0.4 is 5.32 Å². The van der Waals surface area contributed by atoms with Crippen LogP contribution in [-0.2, 0) is 18.3 Å². The molecule has 1 unspecified atom stereocenters. The molecule has 0 amide bonds. The van der Waals surface area contributed by atoms with Crippen LogP contribution in [-0.4, -0.2) is 28.8 Å². The van der Waals surface area contributed by atoms with Gasteiger partial charge in [-0.2, -0.15) is 0 Å². The number of fused-ring (bicyclic) bond motifs is 1. The van der Waals surface area contributed by atoms with Crippen LogP contribution in [0.3, 0.4) is 0 Å². The molecule has 4 heteroatoms. The van der Waals surface area contributed by atoms with Gasteiger partial charge < -0.3 is 14.6 Å². The summed E-state index contributed by atoms with van der Waals surface area (Å²) in [6.07, 6.45) is 5.31. The molecule has 1 fully saturated rings. The summed E-state index contributed by atoms with van der Waals surface area (Å²) in [4.78, 5) is 4.67. The van der Waals surface area contributed by atoms with E-state index in [0.717, 1.165) is 37.5 Å². The minimum Gasteiger partial charge on any atom is -0.378 e. The lowest BCUT2D eigenvalue weighted by Gasteiger charge is -2.22. The second-order valence-corrected chi connectivity index (χ2v) is 5.53. The maximum atomic E-state index is 5.74. The van der Waals surface area contributed by atoms with Crippen molar-refractivity contribution in [3.8, 4) is 0 Å². The van der Waals surface area contributed by atoms with Crippen molar-refractivity contribution in [1.29, 1.82) is 0 Å². The first-order valence-corrected chi connectivity index (χ1v) is 7.57. The molecule has 1 aromatic heterocycles. The first-order chi connectivity index (χ1) is 9.84. The Labute approximate surface area is 120 Å². The standard InChI is InChI=1S/C16H23N3O/c1-19-15-8-3-2-7-14(15)18-16(19)12-17-10-9-13-6-4-5-11-20-13/h2-3,7-8,13,17H,4-6,9-12H2,1H3. The number of imidazole rings is 1. The Morgan fingerprint density at radius 2 is 2.25 bits per heavy atom. The lowest BCUT2D eigenvalue weighted by molar-refractivity contribution is 0.0115. The summed E-state index contributed by atoms with van der Waals surface area (Å²) in [7, 11) is 2.08. The molecule has 2 aromatic rings. The van der Waals surface area contributed by atoms with Gasteiger partial charge in [0, 0.05) is 13.7 Å². The third kappa shape index (κ3) is 3.02. The van der Waals surface area contributed by atoms with Crippen molar-refractivity contribution in [3.05, 3.63) is 30.1 Å². The molecule has 1 atom stereocenters. The third-order valence-corrected chi connectivity index (χ3v) is 4.08. The number of ether oxygens (including phenoxy) is 1. The molecule has 1 aliphatic rings. The van der Waals surface area contributed by atoms with Gasteiger partial charge >= 0.3 is 0 Å². The number of para-hydroxylation sites is 2. The van der Waals surface area contributed by atoms with Crippen LogP contribution in [0.15, 0.2) is 24.3 Å². The quantitative estimate of drug-likeness (QED) is 0.851. The third-order valence-electron chi connectivity index (χ3n) is 4.08. The topological polar surface area (TPSA) is 39.1 Å². The molecule has 1 N–H and O–H groups in total. The van der Waals surface area contributed by atoms with Crippen molar-refractivity contribution >= 4 is 11.0 Å². The van der Waals surface area contributed by atoms with Gasteiger partial charge in [0.1, 0.15) is 5.82 Å². The smallest absolute Gasteiger partial charge is 0.123 e. The van der Waals surface area contributed by atoms with Gasteiger partial charge in [-0.25, -0.2) is 4.98 Å². The molecule has 0 radical (unpaired) electrons. The fourth-order valence-electron chi connectivity index (χ4n) is 2.85. The summed E-state index contributed by atoms with van der Waals surface area (Å²) < 4.78 is 7.91. The van der Waals surface area contributed by atoms with Gasteiger partial charge in [0.25, 0.3) is 0 Å². The lowest BCUT2D eigenvalue weighted by Crippen LogP contribution is -2.25. The average Bonchev–Trinajstić information content (AvgIpc) is 2.82. The van der Waals surface area contributed by atoms with E-state index in [0.29, 0.717) is 6.10 Å². The van der Waals surface area contributed by atoms with Crippen LogP contribution in [0, 0.1) is 0 Å². The van der Waals surface area contributed by atoms with Gasteiger partial charge in [-0.05, 0) is 44.4 Å². The van der Waals surface area contributed by atoms with Crippen LogP contribution in [0.1, 0.15) is 31.5 Å². The second kappa shape index (κ2) is 6.37. The maximum absolute atomic E-state index is 5.74. The van der Waals surface area contributed by atoms with E-state index in [1.165, 1.54) is 24.8 Å². The number of hydrogen-bond acceptors (Lipinski definition) is 3. The zero-order valence-electron chi connectivity index (χ0n) is 12.1. The van der Waals surface area contributed by atoms with Gasteiger partial charge in [-0.1, -0.05) is 12.1 Å². The molecule has 0 bridgehead atoms. The maximum Gasteiger partial charge on any atom is 0.123 e. The van der Waals surface area contributed by atoms with Crippen molar-refractivity contribution in [2.45, 2.75) is 38.3 Å². The lowest BCUT2D eigenvalue weighted by atomic mass is 10.1. The van der Waals surface area contributed by atoms with E-state index >= 15 is 0 Å². The number of aryl methyl sites for hydroxylation is 1. The summed E-state index contributed by atoms with van der Waals surface area (Å²) in [5.41, 5.74) is 2.27. The highest BCUT2D eigenvalue weighted by Crippen LogP contribution is 2.16. The van der Waals surface area contributed by atoms with Crippen molar-refractivity contribution in [2.24, 2.45) is 7.05 Å². The van der Waals surface area contributed by atoms with Crippen molar-refractivity contribution in [2.75, 3.05) is 13.2 Å². The van der Waals surface area contributed by atoms with Gasteiger partial charge in [-0.15, -0.1) is 0 Å². The molecular formula is C16H23N3O. The SMILES string of the molecule is Cn1c(CNCCC2CCCCO2)nc2ccccc21. The fraction of sp³-hybridized carbons (Fsp3) is 0.562. The van der Waals surface area contributed by atoms with E-state index in [2.05, 4.69) is 40.1 Å². The molecule has 1 saturated heterocycles. The number of nitrogens with zero attached hydrogens (tertiary/aromatic N) is 2. The highest BCUT2D eigenvalue weighted by atomic mass is 16.5. The van der Waals surface area contributed by atoms with Crippen LogP contribution in [0.4, 0.5) is 0 Å². The van der Waals surface area contributed by atoms with E-state index < -0.39 is 0 Å². The van der Waals surface area contributed by atoms with Gasteiger partial charge in [0.15, 0.2) is 0 Å². The largest absolute Gasteiger partial charge is 0.378 e. The van der Waals surface area contributed by atoms with E-state index in [1.54, 1.807) is 0 Å². The molecule has 0 saturated carbocycles. The fourth-order valence-corrected chi connectivity index (χ4v) is 2.85. The van der Waals surface area contributed by atoms with Gasteiger partial charge in [0.05, 0.1) is 23.7 Å². The predicted octanol–water partition coefficient (Wildman–Crippen LogP) is 2.62. The monoisotopic (exact) mass is 273 g/mol. The van der Waals surface area contributed by atoms with Crippen LogP contribution in [0.25, 0.3) is 11.0 Å². The Bertz CT molecular complexity index is 558. The van der Waals surface area contributed by atoms with E-state index in [9.17, 15) is 0 Å². The normalized spacial score (nSPS) is 19.6. The summed E-state index contributed by atoms with van der Waals surface area (Å²) >= 11 is 0. The van der Waals surface area contributed by atoms with Crippen molar-refractivity contribution in [1.82, 2.24) is 14.9 Å². The second-order valence-electron chi connectivity index (χ2n) is 5.53. The number of aromatic nitrogens is 2. The molecule has 1 aliphatic heterocycles. The zero-order chi connectivity index (χ0) is 13.8. The molecule has 0 aliphatic carbocycles. The molecule has 3 rings (SSSR count). The number of hydrogen-bond donors (Lipinski definition) is 1. The highest BCUT2D eigenvalue weighted by molar-refractivity contribution is 5.75. The molecule has 4 nitrogen and oxygen atoms in total. The molecule has 20 heavy (non-hydrogen) atoms.